The number of nitrogens with one attached hydrogen (secondary N) is 2. The molecule has 1 amide bonds. The molecule has 6 rings (SSSR count). The van der Waals surface area contributed by atoms with E-state index in [0.717, 1.165) is 5.56 Å². The van der Waals surface area contributed by atoms with Gasteiger partial charge in [-0.1, -0.05) is 29.8 Å². The van der Waals surface area contributed by atoms with Crippen molar-refractivity contribution in [3.05, 3.63) is 94.3 Å². The number of rotatable bonds is 7. The quantitative estimate of drug-likeness (QED) is 0.188. The molecule has 10 nitrogen and oxygen atoms in total. The molecule has 4 heterocycles. The van der Waals surface area contributed by atoms with E-state index < -0.39 is 36.0 Å². The van der Waals surface area contributed by atoms with Gasteiger partial charge < -0.3 is 25.2 Å². The molecule has 226 valence electrons. The van der Waals surface area contributed by atoms with E-state index in [0.29, 0.717) is 11.3 Å². The summed E-state index contributed by atoms with van der Waals surface area (Å²) in [5.74, 6) is -1.52. The van der Waals surface area contributed by atoms with Gasteiger partial charge in [0.1, 0.15) is 34.3 Å². The fraction of sp³-hybridized carbons (Fsp3) is 0.207. The predicted octanol–water partition coefficient (Wildman–Crippen LogP) is 4.87. The lowest BCUT2D eigenvalue weighted by molar-refractivity contribution is -0.198. The van der Waals surface area contributed by atoms with Gasteiger partial charge in [0.25, 0.3) is 0 Å². The molecule has 0 saturated carbocycles. The molecule has 0 bridgehead atoms. The molecule has 0 spiro atoms. The van der Waals surface area contributed by atoms with Crippen molar-refractivity contribution in [3.63, 3.8) is 0 Å². The molecule has 44 heavy (non-hydrogen) atoms. The molecule has 0 radical (unpaired) electrons. The number of phenolic OH excluding ortho intramolecular Hbond substituents is 1. The highest BCUT2D eigenvalue weighted by molar-refractivity contribution is 6.32. The Hall–Kier alpha value is -4.82. The first kappa shape index (κ1) is 29.3. The molecule has 2 aromatic carbocycles. The number of carbonyl (C=O) groups excluding carboxylic acids is 1. The van der Waals surface area contributed by atoms with Crippen molar-refractivity contribution in [2.45, 2.75) is 31.0 Å². The number of aromatic nitrogens is 5. The van der Waals surface area contributed by atoms with Crippen LogP contribution in [0.2, 0.25) is 5.02 Å². The summed E-state index contributed by atoms with van der Waals surface area (Å²) in [6, 6.07) is 10.00. The first-order chi connectivity index (χ1) is 20.8. The van der Waals surface area contributed by atoms with E-state index in [4.69, 9.17) is 11.6 Å². The van der Waals surface area contributed by atoms with Crippen LogP contribution < -0.4 is 10.6 Å². The highest BCUT2D eigenvalue weighted by atomic mass is 35.5. The maximum atomic E-state index is 13.5. The van der Waals surface area contributed by atoms with Crippen LogP contribution in [0.25, 0.3) is 17.2 Å². The standard InChI is InChI=1S/C29H22ClF4N7O3/c1-28(15-4-7-17(30)20(42)11-15)22-24(36-12-21(43)29(32,33)34)38-23(39-25(22)40-27(28)44)19-13-41-9-8-35-26(41)18(37-19)10-14-2-5-16(31)6-3-14/h2-9,11,13,21,42-43H,10,12H2,1H3,(H2,36,38,39,40,44)/t21?,28-/m1/s1. The number of alkyl halides is 3. The fourth-order valence-electron chi connectivity index (χ4n) is 5.04. The zero-order valence-corrected chi connectivity index (χ0v) is 23.4. The zero-order chi connectivity index (χ0) is 31.4. The largest absolute Gasteiger partial charge is 0.506 e. The van der Waals surface area contributed by atoms with Gasteiger partial charge in [-0.3, -0.25) is 4.79 Å². The number of amides is 1. The Bertz CT molecular complexity index is 1920. The van der Waals surface area contributed by atoms with Crippen LogP contribution in [0.15, 0.2) is 61.1 Å². The van der Waals surface area contributed by atoms with Crippen LogP contribution in [0.4, 0.5) is 29.2 Å². The third kappa shape index (κ3) is 5.15. The Morgan fingerprint density at radius 2 is 1.89 bits per heavy atom. The Balaban J connectivity index is 1.50. The Labute approximate surface area is 251 Å². The molecule has 1 aliphatic heterocycles. The van der Waals surface area contributed by atoms with E-state index in [2.05, 4.69) is 30.6 Å². The van der Waals surface area contributed by atoms with Crippen LogP contribution in [-0.2, 0) is 16.6 Å². The first-order valence-corrected chi connectivity index (χ1v) is 13.5. The fourth-order valence-corrected chi connectivity index (χ4v) is 5.16. The lowest BCUT2D eigenvalue weighted by atomic mass is 9.77. The van der Waals surface area contributed by atoms with Crippen LogP contribution in [0.5, 0.6) is 5.75 Å². The van der Waals surface area contributed by atoms with Gasteiger partial charge in [0, 0.05) is 25.0 Å². The molecule has 0 saturated heterocycles. The number of phenols is 1. The average Bonchev–Trinajstić information content (AvgIpc) is 3.56. The minimum absolute atomic E-state index is 0.00597. The number of fused-ring (bicyclic) bond motifs is 2. The molecule has 4 N–H and O–H groups in total. The molecule has 15 heteroatoms. The summed E-state index contributed by atoms with van der Waals surface area (Å²) in [4.78, 5) is 31.5. The molecule has 3 aromatic heterocycles. The number of carbonyl (C=O) groups is 1. The normalized spacial score (nSPS) is 17.0. The smallest absolute Gasteiger partial charge is 0.416 e. The maximum Gasteiger partial charge on any atom is 0.416 e. The molecule has 1 unspecified atom stereocenters. The summed E-state index contributed by atoms with van der Waals surface area (Å²) in [7, 11) is 0. The minimum Gasteiger partial charge on any atom is -0.506 e. The summed E-state index contributed by atoms with van der Waals surface area (Å²) in [5, 5.41) is 25.2. The Morgan fingerprint density at radius 1 is 1.14 bits per heavy atom. The van der Waals surface area contributed by atoms with Crippen molar-refractivity contribution >= 4 is 34.8 Å². The monoisotopic (exact) mass is 627 g/mol. The summed E-state index contributed by atoms with van der Waals surface area (Å²) in [5.41, 5.74) is 0.723. The summed E-state index contributed by atoms with van der Waals surface area (Å²) >= 11 is 5.97. The topological polar surface area (TPSA) is 138 Å². The van der Waals surface area contributed by atoms with Gasteiger partial charge in [0.05, 0.1) is 22.8 Å². The number of aliphatic hydroxyl groups is 1. The van der Waals surface area contributed by atoms with Gasteiger partial charge in [-0.05, 0) is 42.3 Å². The molecule has 2 atom stereocenters. The van der Waals surface area contributed by atoms with Crippen LogP contribution >= 0.6 is 11.6 Å². The summed E-state index contributed by atoms with van der Waals surface area (Å²) < 4.78 is 54.8. The number of halogens is 5. The van der Waals surface area contributed by atoms with Crippen molar-refractivity contribution in [1.29, 1.82) is 0 Å². The van der Waals surface area contributed by atoms with Crippen molar-refractivity contribution in [2.24, 2.45) is 0 Å². The van der Waals surface area contributed by atoms with Gasteiger partial charge in [-0.15, -0.1) is 0 Å². The van der Waals surface area contributed by atoms with E-state index in [1.54, 1.807) is 35.1 Å². The van der Waals surface area contributed by atoms with E-state index in [-0.39, 0.29) is 51.5 Å². The lowest BCUT2D eigenvalue weighted by Crippen LogP contribution is -2.36. The molecule has 0 aliphatic carbocycles. The molecule has 1 aliphatic rings. The van der Waals surface area contributed by atoms with Crippen molar-refractivity contribution in [1.82, 2.24) is 24.3 Å². The number of aliphatic hydroxyl groups excluding tert-OH is 1. The first-order valence-electron chi connectivity index (χ1n) is 13.1. The van der Waals surface area contributed by atoms with Crippen LogP contribution in [-0.4, -0.2) is 59.3 Å². The van der Waals surface area contributed by atoms with Gasteiger partial charge in [-0.25, -0.2) is 24.3 Å². The minimum atomic E-state index is -4.92. The van der Waals surface area contributed by atoms with Gasteiger partial charge >= 0.3 is 6.18 Å². The number of benzene rings is 2. The van der Waals surface area contributed by atoms with Crippen molar-refractivity contribution < 1.29 is 32.6 Å². The van der Waals surface area contributed by atoms with Gasteiger partial charge in [-0.2, -0.15) is 13.2 Å². The van der Waals surface area contributed by atoms with Gasteiger partial charge in [0.2, 0.25) is 5.91 Å². The number of imidazole rings is 1. The molecule has 5 aromatic rings. The zero-order valence-electron chi connectivity index (χ0n) is 22.7. The van der Waals surface area contributed by atoms with E-state index in [1.165, 1.54) is 37.3 Å². The highest BCUT2D eigenvalue weighted by Gasteiger charge is 2.48. The van der Waals surface area contributed by atoms with Crippen LogP contribution in [0, 0.1) is 5.82 Å². The van der Waals surface area contributed by atoms with Gasteiger partial charge in [0.15, 0.2) is 17.6 Å². The Morgan fingerprint density at radius 3 is 2.59 bits per heavy atom. The van der Waals surface area contributed by atoms with E-state index in [9.17, 15) is 32.6 Å². The average molecular weight is 628 g/mol. The number of hydrogen-bond acceptors (Lipinski definition) is 8. The Kier molecular flexibility index (Phi) is 7.13. The summed E-state index contributed by atoms with van der Waals surface area (Å²) in [6.45, 7) is 0.522. The maximum absolute atomic E-state index is 13.5. The van der Waals surface area contributed by atoms with Crippen molar-refractivity contribution in [2.75, 3.05) is 17.2 Å². The molecule has 0 fully saturated rings. The molecular weight excluding hydrogens is 606 g/mol. The van der Waals surface area contributed by atoms with E-state index >= 15 is 0 Å². The SMILES string of the molecule is C[C@]1(c2ccc(Cl)c(O)c2)C(=O)Nc2nc(-c3cn4ccnc4c(Cc4ccc(F)cc4)n3)nc(NCC(O)C(F)(F)F)c21. The second-order valence-electron chi connectivity index (χ2n) is 10.3. The number of aromatic hydroxyl groups is 1. The van der Waals surface area contributed by atoms with Crippen LogP contribution in [0.3, 0.4) is 0 Å². The third-order valence-electron chi connectivity index (χ3n) is 7.42. The second-order valence-corrected chi connectivity index (χ2v) is 10.7. The predicted molar refractivity (Wildman–Crippen MR) is 152 cm³/mol. The summed E-state index contributed by atoms with van der Waals surface area (Å²) in [6.07, 6.45) is -2.62. The van der Waals surface area contributed by atoms with Crippen molar-refractivity contribution in [3.8, 4) is 17.3 Å². The highest BCUT2D eigenvalue weighted by Crippen LogP contribution is 2.47. The second kappa shape index (κ2) is 10.7. The van der Waals surface area contributed by atoms with Crippen LogP contribution in [0.1, 0.15) is 29.3 Å². The number of hydrogen-bond donors (Lipinski definition) is 4. The number of anilines is 2. The molecular formula is C29H22ClF4N7O3. The van der Waals surface area contributed by atoms with E-state index in [1.807, 2.05) is 0 Å². The lowest BCUT2D eigenvalue weighted by Gasteiger charge is -2.25. The number of nitrogens with zero attached hydrogens (tertiary/aromatic N) is 5. The third-order valence-corrected chi connectivity index (χ3v) is 7.74.